The van der Waals surface area contributed by atoms with Crippen LogP contribution < -0.4 is 10.9 Å². The summed E-state index contributed by atoms with van der Waals surface area (Å²) in [6, 6.07) is 3.19. The molecule has 0 radical (unpaired) electrons. The molecule has 3 aromatic rings. The van der Waals surface area contributed by atoms with E-state index in [1.807, 2.05) is 6.26 Å². The molecule has 0 saturated heterocycles. The fourth-order valence-electron chi connectivity index (χ4n) is 2.62. The third kappa shape index (κ3) is 3.67. The first-order valence-corrected chi connectivity index (χ1v) is 9.24. The van der Waals surface area contributed by atoms with E-state index in [0.717, 1.165) is 5.75 Å². The first kappa shape index (κ1) is 17.4. The van der Waals surface area contributed by atoms with Crippen LogP contribution in [0.4, 0.5) is 0 Å². The maximum absolute atomic E-state index is 12.6. The fraction of sp³-hybridized carbons (Fsp3) is 0.375. The lowest BCUT2D eigenvalue weighted by Crippen LogP contribution is -2.41. The molecular weight excluding hydrogens is 342 g/mol. The van der Waals surface area contributed by atoms with Crippen LogP contribution in [-0.4, -0.2) is 54.8 Å². The first-order chi connectivity index (χ1) is 12.1. The molecule has 0 aliphatic carbocycles. The van der Waals surface area contributed by atoms with Crippen LogP contribution in [0.25, 0.3) is 16.6 Å². The first-order valence-electron chi connectivity index (χ1n) is 7.85. The van der Waals surface area contributed by atoms with Crippen molar-refractivity contribution < 1.29 is 9.90 Å². The second-order valence-electron chi connectivity index (χ2n) is 5.64. The summed E-state index contributed by atoms with van der Waals surface area (Å²) in [7, 11) is 0. The van der Waals surface area contributed by atoms with Gasteiger partial charge in [-0.1, -0.05) is 0 Å². The van der Waals surface area contributed by atoms with Gasteiger partial charge in [-0.25, -0.2) is 9.50 Å². The molecule has 0 aromatic carbocycles. The minimum atomic E-state index is -0.310. The number of hydrogen-bond donors (Lipinski definition) is 2. The summed E-state index contributed by atoms with van der Waals surface area (Å²) < 4.78 is 2.92. The number of fused-ring (bicyclic) bond motifs is 3. The van der Waals surface area contributed by atoms with Crippen molar-refractivity contribution in [1.82, 2.24) is 24.5 Å². The molecule has 3 heterocycles. The highest BCUT2D eigenvalue weighted by molar-refractivity contribution is 7.98. The molecule has 0 saturated carbocycles. The number of hydrogen-bond acceptors (Lipinski definition) is 6. The van der Waals surface area contributed by atoms with Gasteiger partial charge in [0.1, 0.15) is 6.54 Å². The molecular formula is C16H19N5O3S. The lowest BCUT2D eigenvalue weighted by molar-refractivity contribution is -0.122. The number of nitrogens with one attached hydrogen (secondary N) is 1. The van der Waals surface area contributed by atoms with E-state index in [4.69, 9.17) is 0 Å². The average Bonchev–Trinajstić information content (AvgIpc) is 3.10. The molecule has 3 aromatic heterocycles. The monoisotopic (exact) mass is 361 g/mol. The van der Waals surface area contributed by atoms with Crippen molar-refractivity contribution >= 4 is 34.2 Å². The van der Waals surface area contributed by atoms with Crippen molar-refractivity contribution in [1.29, 1.82) is 0 Å². The van der Waals surface area contributed by atoms with Crippen molar-refractivity contribution in [3.05, 3.63) is 41.1 Å². The molecule has 0 aliphatic rings. The maximum Gasteiger partial charge on any atom is 0.262 e. The quantitative estimate of drug-likeness (QED) is 0.627. The molecule has 1 amide bonds. The summed E-state index contributed by atoms with van der Waals surface area (Å²) in [4.78, 5) is 29.0. The van der Waals surface area contributed by atoms with Crippen LogP contribution in [0, 0.1) is 0 Å². The third-order valence-corrected chi connectivity index (χ3v) is 4.57. The lowest BCUT2D eigenvalue weighted by Gasteiger charge is -2.16. The minimum Gasteiger partial charge on any atom is -0.394 e. The predicted octanol–water partition coefficient (Wildman–Crippen LogP) is 0.274. The SMILES string of the molecule is CSCC[C@H](CO)NC(=O)Cn1ccc2c(cnc3ccnn32)c1=O. The lowest BCUT2D eigenvalue weighted by atomic mass is 10.2. The van der Waals surface area contributed by atoms with Gasteiger partial charge in [-0.2, -0.15) is 16.9 Å². The Hall–Kier alpha value is -2.39. The number of nitrogens with zero attached hydrogens (tertiary/aromatic N) is 4. The maximum atomic E-state index is 12.6. The number of carbonyl (C=O) groups excluding carboxylic acids is 1. The molecule has 9 heteroatoms. The van der Waals surface area contributed by atoms with Crippen LogP contribution in [0.2, 0.25) is 0 Å². The van der Waals surface area contributed by atoms with Gasteiger partial charge < -0.3 is 15.0 Å². The Bertz CT molecular complexity index is 952. The van der Waals surface area contributed by atoms with E-state index in [0.29, 0.717) is 23.0 Å². The van der Waals surface area contributed by atoms with Gasteiger partial charge >= 0.3 is 0 Å². The predicted molar refractivity (Wildman–Crippen MR) is 96.8 cm³/mol. The fourth-order valence-corrected chi connectivity index (χ4v) is 3.14. The van der Waals surface area contributed by atoms with Gasteiger partial charge in [0.2, 0.25) is 5.91 Å². The largest absolute Gasteiger partial charge is 0.394 e. The van der Waals surface area contributed by atoms with Crippen molar-refractivity contribution in [2.75, 3.05) is 18.6 Å². The molecule has 0 bridgehead atoms. The van der Waals surface area contributed by atoms with Crippen molar-refractivity contribution in [3.63, 3.8) is 0 Å². The van der Waals surface area contributed by atoms with Crippen LogP contribution in [-0.2, 0) is 11.3 Å². The highest BCUT2D eigenvalue weighted by Crippen LogP contribution is 2.10. The van der Waals surface area contributed by atoms with E-state index in [1.165, 1.54) is 10.8 Å². The van der Waals surface area contributed by atoms with Gasteiger partial charge in [-0.05, 0) is 24.5 Å². The van der Waals surface area contributed by atoms with Crippen LogP contribution in [0.5, 0.6) is 0 Å². The number of rotatable bonds is 7. The smallest absolute Gasteiger partial charge is 0.262 e. The Morgan fingerprint density at radius 2 is 2.28 bits per heavy atom. The van der Waals surface area contributed by atoms with Gasteiger partial charge in [0.05, 0.1) is 29.7 Å². The van der Waals surface area contributed by atoms with Crippen LogP contribution in [0.1, 0.15) is 6.42 Å². The van der Waals surface area contributed by atoms with Crippen molar-refractivity contribution in [2.24, 2.45) is 0 Å². The number of aliphatic hydroxyl groups is 1. The Morgan fingerprint density at radius 1 is 1.44 bits per heavy atom. The standard InChI is InChI=1S/C16H19N5O3S/c1-25-7-4-11(10-22)19-15(23)9-20-6-3-13-12(16(20)24)8-17-14-2-5-18-21(13)14/h2-3,5-6,8,11,22H,4,7,9-10H2,1H3,(H,19,23)/t11-/m1/s1. The number of aromatic nitrogens is 4. The summed E-state index contributed by atoms with van der Waals surface area (Å²) >= 11 is 1.65. The third-order valence-electron chi connectivity index (χ3n) is 3.93. The number of aliphatic hydroxyl groups excluding tert-OH is 1. The van der Waals surface area contributed by atoms with Crippen LogP contribution in [0.15, 0.2) is 35.5 Å². The Morgan fingerprint density at radius 3 is 3.04 bits per heavy atom. The van der Waals surface area contributed by atoms with Gasteiger partial charge in [-0.15, -0.1) is 0 Å². The molecule has 1 atom stereocenters. The van der Waals surface area contributed by atoms with Gasteiger partial charge in [0.25, 0.3) is 5.56 Å². The Balaban J connectivity index is 1.82. The summed E-state index contributed by atoms with van der Waals surface area (Å²) in [6.07, 6.45) is 7.33. The summed E-state index contributed by atoms with van der Waals surface area (Å²) in [5.74, 6) is 0.530. The Kier molecular flexibility index (Phi) is 5.34. The molecule has 25 heavy (non-hydrogen) atoms. The molecule has 8 nitrogen and oxygen atoms in total. The van der Waals surface area contributed by atoms with E-state index in [9.17, 15) is 14.7 Å². The second-order valence-corrected chi connectivity index (χ2v) is 6.62. The van der Waals surface area contributed by atoms with E-state index >= 15 is 0 Å². The Labute approximate surface area is 147 Å². The number of amides is 1. The zero-order chi connectivity index (χ0) is 17.8. The average molecular weight is 361 g/mol. The number of thioether (sulfide) groups is 1. The van der Waals surface area contributed by atoms with Crippen LogP contribution >= 0.6 is 11.8 Å². The molecule has 0 unspecified atom stereocenters. The van der Waals surface area contributed by atoms with Crippen molar-refractivity contribution in [3.8, 4) is 0 Å². The summed E-state index contributed by atoms with van der Waals surface area (Å²) in [6.45, 7) is -0.234. The number of carbonyl (C=O) groups is 1. The molecule has 3 rings (SSSR count). The molecule has 0 spiro atoms. The van der Waals surface area contributed by atoms with E-state index in [2.05, 4.69) is 15.4 Å². The van der Waals surface area contributed by atoms with E-state index < -0.39 is 0 Å². The van der Waals surface area contributed by atoms with E-state index in [1.54, 1.807) is 40.8 Å². The molecule has 2 N–H and O–H groups in total. The van der Waals surface area contributed by atoms with Gasteiger partial charge in [-0.3, -0.25) is 9.59 Å². The molecule has 132 valence electrons. The topological polar surface area (TPSA) is 102 Å². The van der Waals surface area contributed by atoms with Gasteiger partial charge in [0, 0.05) is 18.5 Å². The molecule has 0 fully saturated rings. The zero-order valence-corrected chi connectivity index (χ0v) is 14.6. The molecule has 0 aliphatic heterocycles. The van der Waals surface area contributed by atoms with Gasteiger partial charge in [0.15, 0.2) is 5.65 Å². The highest BCUT2D eigenvalue weighted by Gasteiger charge is 2.13. The highest BCUT2D eigenvalue weighted by atomic mass is 32.2. The van der Waals surface area contributed by atoms with Crippen molar-refractivity contribution in [2.45, 2.75) is 19.0 Å². The normalized spacial score (nSPS) is 12.6. The zero-order valence-electron chi connectivity index (χ0n) is 13.8. The minimum absolute atomic E-state index is 0.109. The summed E-state index contributed by atoms with van der Waals surface area (Å²) in [5.41, 5.74) is 0.994. The van der Waals surface area contributed by atoms with Crippen LogP contribution in [0.3, 0.4) is 0 Å². The number of pyridine rings is 1. The second kappa shape index (κ2) is 7.66. The summed E-state index contributed by atoms with van der Waals surface area (Å²) in [5, 5.41) is 16.6. The van der Waals surface area contributed by atoms with E-state index in [-0.39, 0.29) is 30.7 Å².